The number of carboxylic acid groups (broad SMARTS) is 1. The summed E-state index contributed by atoms with van der Waals surface area (Å²) in [7, 11) is 0. The Balaban J connectivity index is 2.41. The number of carbonyl (C=O) groups excluding carboxylic acids is 2. The summed E-state index contributed by atoms with van der Waals surface area (Å²) >= 11 is 0. The number of likely N-dealkylation sites (tertiary alicyclic amines) is 1. The number of rotatable bonds is 3. The van der Waals surface area contributed by atoms with Gasteiger partial charge in [-0.1, -0.05) is 0 Å². The molecule has 0 radical (unpaired) electrons. The van der Waals surface area contributed by atoms with E-state index in [1.54, 1.807) is 4.90 Å². The van der Waals surface area contributed by atoms with E-state index in [0.717, 1.165) is 0 Å². The van der Waals surface area contributed by atoms with Gasteiger partial charge in [0.2, 0.25) is 11.8 Å². The smallest absolute Gasteiger partial charge is 0.325 e. The van der Waals surface area contributed by atoms with Crippen molar-refractivity contribution < 1.29 is 19.5 Å². The molecule has 0 bridgehead atoms. The van der Waals surface area contributed by atoms with E-state index in [1.165, 1.54) is 13.8 Å². The summed E-state index contributed by atoms with van der Waals surface area (Å²) < 4.78 is 0. The molecule has 1 aliphatic heterocycles. The molecule has 6 heteroatoms. The van der Waals surface area contributed by atoms with Crippen molar-refractivity contribution >= 4 is 17.8 Å². The number of carbonyl (C=O) groups is 3. The van der Waals surface area contributed by atoms with E-state index < -0.39 is 12.0 Å². The minimum atomic E-state index is -1.04. The number of nitrogens with zero attached hydrogens (tertiary/aromatic N) is 1. The van der Waals surface area contributed by atoms with Gasteiger partial charge in [-0.25, -0.2) is 0 Å². The van der Waals surface area contributed by atoms with E-state index in [1.807, 2.05) is 0 Å². The van der Waals surface area contributed by atoms with Crippen LogP contribution < -0.4 is 5.32 Å². The first-order valence-electron chi connectivity index (χ1n) is 5.70. The van der Waals surface area contributed by atoms with Crippen molar-refractivity contribution in [2.24, 2.45) is 5.92 Å². The topological polar surface area (TPSA) is 86.7 Å². The number of hydrogen-bond acceptors (Lipinski definition) is 3. The summed E-state index contributed by atoms with van der Waals surface area (Å²) in [5.74, 6) is -1.45. The zero-order chi connectivity index (χ0) is 13.0. The van der Waals surface area contributed by atoms with Crippen LogP contribution in [0.3, 0.4) is 0 Å². The van der Waals surface area contributed by atoms with Crippen LogP contribution in [0, 0.1) is 5.92 Å². The van der Waals surface area contributed by atoms with Gasteiger partial charge in [-0.2, -0.15) is 0 Å². The van der Waals surface area contributed by atoms with Gasteiger partial charge in [0.05, 0.1) is 0 Å². The fourth-order valence-corrected chi connectivity index (χ4v) is 1.85. The summed E-state index contributed by atoms with van der Waals surface area (Å²) in [6, 6.07) is -0.867. The lowest BCUT2D eigenvalue weighted by Gasteiger charge is -2.30. The van der Waals surface area contributed by atoms with E-state index in [0.29, 0.717) is 25.9 Å². The SMILES string of the molecule is CC(=O)N1CCC(C(=O)NC(C)C(=O)O)CC1. The molecule has 2 amide bonds. The van der Waals surface area contributed by atoms with Crippen molar-refractivity contribution in [1.29, 1.82) is 0 Å². The second-order valence-electron chi connectivity index (χ2n) is 4.35. The Labute approximate surface area is 100.0 Å². The van der Waals surface area contributed by atoms with Crippen LogP contribution in [0.5, 0.6) is 0 Å². The highest BCUT2D eigenvalue weighted by Gasteiger charge is 2.27. The van der Waals surface area contributed by atoms with Crippen LogP contribution in [0.1, 0.15) is 26.7 Å². The highest BCUT2D eigenvalue weighted by atomic mass is 16.4. The zero-order valence-electron chi connectivity index (χ0n) is 10.1. The van der Waals surface area contributed by atoms with E-state index in [4.69, 9.17) is 5.11 Å². The molecule has 2 N–H and O–H groups in total. The number of piperidine rings is 1. The fraction of sp³-hybridized carbons (Fsp3) is 0.727. The Morgan fingerprint density at radius 3 is 2.24 bits per heavy atom. The maximum atomic E-state index is 11.7. The highest BCUT2D eigenvalue weighted by molar-refractivity contribution is 5.85. The van der Waals surface area contributed by atoms with Crippen LogP contribution in [0.25, 0.3) is 0 Å². The molecule has 0 aromatic rings. The lowest BCUT2D eigenvalue weighted by molar-refractivity contribution is -0.142. The molecule has 1 rings (SSSR count). The number of aliphatic carboxylic acids is 1. The number of hydrogen-bond donors (Lipinski definition) is 2. The molecule has 0 aromatic heterocycles. The first kappa shape index (κ1) is 13.5. The molecule has 17 heavy (non-hydrogen) atoms. The molecule has 1 unspecified atom stereocenters. The molecule has 6 nitrogen and oxygen atoms in total. The van der Waals surface area contributed by atoms with Gasteiger partial charge in [0, 0.05) is 25.9 Å². The molecule has 0 aromatic carbocycles. The molecule has 1 heterocycles. The van der Waals surface area contributed by atoms with E-state index in [-0.39, 0.29) is 17.7 Å². The lowest BCUT2D eigenvalue weighted by atomic mass is 9.95. The quantitative estimate of drug-likeness (QED) is 0.719. The minimum Gasteiger partial charge on any atom is -0.480 e. The predicted octanol–water partition coefficient (Wildman–Crippen LogP) is -0.166. The van der Waals surface area contributed by atoms with Crippen molar-refractivity contribution in [1.82, 2.24) is 10.2 Å². The van der Waals surface area contributed by atoms with Crippen LogP contribution >= 0.6 is 0 Å². The van der Waals surface area contributed by atoms with Gasteiger partial charge in [0.25, 0.3) is 0 Å². The molecule has 0 spiro atoms. The van der Waals surface area contributed by atoms with Crippen LogP contribution in [-0.2, 0) is 14.4 Å². The molecule has 0 saturated carbocycles. The maximum absolute atomic E-state index is 11.7. The van der Waals surface area contributed by atoms with Crippen molar-refractivity contribution in [2.75, 3.05) is 13.1 Å². The number of carboxylic acids is 1. The second-order valence-corrected chi connectivity index (χ2v) is 4.35. The van der Waals surface area contributed by atoms with Gasteiger partial charge >= 0.3 is 5.97 Å². The first-order chi connectivity index (χ1) is 7.91. The van der Waals surface area contributed by atoms with E-state index in [2.05, 4.69) is 5.32 Å². The van der Waals surface area contributed by atoms with Crippen molar-refractivity contribution in [3.8, 4) is 0 Å². The average molecular weight is 242 g/mol. The van der Waals surface area contributed by atoms with E-state index >= 15 is 0 Å². The van der Waals surface area contributed by atoms with Crippen LogP contribution in [0.4, 0.5) is 0 Å². The van der Waals surface area contributed by atoms with E-state index in [9.17, 15) is 14.4 Å². The predicted molar refractivity (Wildman–Crippen MR) is 60.2 cm³/mol. The molecule has 0 aliphatic carbocycles. The Morgan fingerprint density at radius 2 is 1.82 bits per heavy atom. The van der Waals surface area contributed by atoms with Gasteiger partial charge < -0.3 is 15.3 Å². The Hall–Kier alpha value is -1.59. The van der Waals surface area contributed by atoms with Crippen molar-refractivity contribution in [3.63, 3.8) is 0 Å². The third-order valence-electron chi connectivity index (χ3n) is 3.04. The molecule has 1 aliphatic rings. The van der Waals surface area contributed by atoms with Crippen molar-refractivity contribution in [2.45, 2.75) is 32.7 Å². The molecule has 96 valence electrons. The summed E-state index contributed by atoms with van der Waals surface area (Å²) in [6.07, 6.45) is 1.19. The molecular weight excluding hydrogens is 224 g/mol. The van der Waals surface area contributed by atoms with Gasteiger partial charge in [-0.15, -0.1) is 0 Å². The fourth-order valence-electron chi connectivity index (χ4n) is 1.85. The van der Waals surface area contributed by atoms with Gasteiger partial charge in [0.1, 0.15) is 6.04 Å². The standard InChI is InChI=1S/C11H18N2O4/c1-7(11(16)17)12-10(15)9-3-5-13(6-4-9)8(2)14/h7,9H,3-6H2,1-2H3,(H,12,15)(H,16,17). The lowest BCUT2D eigenvalue weighted by Crippen LogP contribution is -2.46. The molecule has 1 atom stereocenters. The largest absolute Gasteiger partial charge is 0.480 e. The zero-order valence-corrected chi connectivity index (χ0v) is 10.1. The van der Waals surface area contributed by atoms with Crippen LogP contribution in [0.2, 0.25) is 0 Å². The summed E-state index contributed by atoms with van der Waals surface area (Å²) in [6.45, 7) is 4.07. The van der Waals surface area contributed by atoms with Crippen molar-refractivity contribution in [3.05, 3.63) is 0 Å². The third kappa shape index (κ3) is 3.72. The monoisotopic (exact) mass is 242 g/mol. The Morgan fingerprint density at radius 1 is 1.29 bits per heavy atom. The third-order valence-corrected chi connectivity index (χ3v) is 3.04. The van der Waals surface area contributed by atoms with Gasteiger partial charge in [-0.05, 0) is 19.8 Å². The summed E-state index contributed by atoms with van der Waals surface area (Å²) in [5.41, 5.74) is 0. The van der Waals surface area contributed by atoms with Crippen LogP contribution in [-0.4, -0.2) is 46.9 Å². The Kier molecular flexibility index (Phi) is 4.48. The average Bonchev–Trinajstić information content (AvgIpc) is 2.28. The molecular formula is C11H18N2O4. The summed E-state index contributed by atoms with van der Waals surface area (Å²) in [5, 5.41) is 11.1. The maximum Gasteiger partial charge on any atom is 0.325 e. The normalized spacial score (nSPS) is 18.6. The number of nitrogens with one attached hydrogen (secondary N) is 1. The molecule has 1 fully saturated rings. The molecule has 1 saturated heterocycles. The van der Waals surface area contributed by atoms with Gasteiger partial charge in [-0.3, -0.25) is 14.4 Å². The highest BCUT2D eigenvalue weighted by Crippen LogP contribution is 2.17. The first-order valence-corrected chi connectivity index (χ1v) is 5.70. The van der Waals surface area contributed by atoms with Crippen LogP contribution in [0.15, 0.2) is 0 Å². The number of amides is 2. The second kappa shape index (κ2) is 5.65. The minimum absolute atomic E-state index is 0.0164. The Bertz CT molecular complexity index is 321. The summed E-state index contributed by atoms with van der Waals surface area (Å²) in [4.78, 5) is 35.1. The van der Waals surface area contributed by atoms with Gasteiger partial charge in [0.15, 0.2) is 0 Å².